The van der Waals surface area contributed by atoms with Crippen LogP contribution in [0.4, 0.5) is 0 Å². The third-order valence-corrected chi connectivity index (χ3v) is 12.5. The number of rotatable bonds is 9. The number of hydrogen-bond acceptors (Lipinski definition) is 12. The zero-order chi connectivity index (χ0) is 45.4. The van der Waals surface area contributed by atoms with Gasteiger partial charge >= 0.3 is 0 Å². The Morgan fingerprint density at radius 2 is 1.11 bits per heavy atom. The largest absolute Gasteiger partial charge is 0.507 e. The maximum Gasteiger partial charge on any atom is 0.193 e. The summed E-state index contributed by atoms with van der Waals surface area (Å²) in [6.45, 7) is 11.3. The average molecular weight is 853 g/mol. The van der Waals surface area contributed by atoms with Crippen LogP contribution in [0.2, 0.25) is 0 Å². The summed E-state index contributed by atoms with van der Waals surface area (Å²) >= 11 is 0. The second-order valence-electron chi connectivity index (χ2n) is 17.6. The van der Waals surface area contributed by atoms with Crippen molar-refractivity contribution < 1.29 is 59.2 Å². The zero-order valence-electron chi connectivity index (χ0n) is 35.9. The molecule has 0 aliphatic carbocycles. The molecule has 3 atom stereocenters. The number of ether oxygens (including phenoxy) is 3. The molecule has 0 fully saturated rings. The lowest BCUT2D eigenvalue weighted by Crippen LogP contribution is -2.53. The van der Waals surface area contributed by atoms with Gasteiger partial charge in [0.2, 0.25) is 0 Å². The number of phenols is 6. The first-order valence-corrected chi connectivity index (χ1v) is 20.6. The van der Waals surface area contributed by atoms with Crippen LogP contribution in [-0.2, 0) is 6.42 Å². The Morgan fingerprint density at radius 1 is 0.619 bits per heavy atom. The molecule has 8 rings (SSSR count). The molecule has 3 aliphatic rings. The van der Waals surface area contributed by atoms with Crippen molar-refractivity contribution in [3.8, 4) is 51.7 Å². The fraction of sp³-hybridized carbons (Fsp3) is 0.275. The standard InChI is InChI=1S/C51H48O12/c1-24-40(55)29(44(59)34(26(3)52)41(24)56)22-30-45(60)37(33(54)21-19-28-16-12-9-13-17-28)47-35-31(23-50(4,5)62-47)39-49(61-46(30)35)38-43(58)25(2)42(57)36(48(38)63-51(39,6)7)32(53)20-18-27-14-10-8-11-15-27/h8-21,31,39,49,55-60H,22-23H2,1-7H3/t31-,39+,49+/m0/s1. The van der Waals surface area contributed by atoms with Crippen LogP contribution in [0.5, 0.6) is 51.7 Å². The Labute approximate surface area is 364 Å². The van der Waals surface area contributed by atoms with Gasteiger partial charge in [0, 0.05) is 46.1 Å². The first-order valence-electron chi connectivity index (χ1n) is 20.6. The Morgan fingerprint density at radius 3 is 1.67 bits per heavy atom. The van der Waals surface area contributed by atoms with Gasteiger partial charge in [-0.15, -0.1) is 0 Å². The van der Waals surface area contributed by atoms with Crippen LogP contribution in [0, 0.1) is 19.8 Å². The van der Waals surface area contributed by atoms with E-state index in [4.69, 9.17) is 14.2 Å². The van der Waals surface area contributed by atoms with E-state index in [-0.39, 0.29) is 61.9 Å². The quantitative estimate of drug-likeness (QED) is 0.0607. The van der Waals surface area contributed by atoms with Gasteiger partial charge in [-0.05, 0) is 78.2 Å². The molecule has 0 saturated carbocycles. The van der Waals surface area contributed by atoms with Gasteiger partial charge in [0.05, 0.1) is 5.56 Å². The number of phenolic OH excluding ortho intramolecular Hbond substituents is 6. The van der Waals surface area contributed by atoms with Crippen LogP contribution in [0.25, 0.3) is 12.2 Å². The lowest BCUT2D eigenvalue weighted by atomic mass is 9.63. The highest BCUT2D eigenvalue weighted by Gasteiger charge is 2.59. The summed E-state index contributed by atoms with van der Waals surface area (Å²) in [5, 5.41) is 69.8. The smallest absolute Gasteiger partial charge is 0.193 e. The monoisotopic (exact) mass is 852 g/mol. The number of carbonyl (C=O) groups excluding carboxylic acids is 3. The third-order valence-electron chi connectivity index (χ3n) is 12.5. The van der Waals surface area contributed by atoms with Crippen LogP contribution in [0.15, 0.2) is 72.8 Å². The van der Waals surface area contributed by atoms with E-state index in [0.29, 0.717) is 17.5 Å². The molecule has 0 saturated heterocycles. The number of aromatic hydroxyl groups is 6. The van der Waals surface area contributed by atoms with Crippen LogP contribution in [0.1, 0.15) is 129 Å². The summed E-state index contributed by atoms with van der Waals surface area (Å²) in [4.78, 5) is 41.4. The van der Waals surface area contributed by atoms with E-state index in [1.165, 1.54) is 26.0 Å². The summed E-state index contributed by atoms with van der Waals surface area (Å²) in [6.07, 6.45) is 4.47. The summed E-state index contributed by atoms with van der Waals surface area (Å²) in [5.41, 5.74) is -1.54. The number of hydrogen-bond donors (Lipinski definition) is 6. The average Bonchev–Trinajstić information content (AvgIpc) is 3.22. The summed E-state index contributed by atoms with van der Waals surface area (Å²) in [6, 6.07) is 18.2. The molecule has 3 aliphatic heterocycles. The van der Waals surface area contributed by atoms with Crippen LogP contribution >= 0.6 is 0 Å². The molecule has 0 radical (unpaired) electrons. The van der Waals surface area contributed by atoms with Crippen molar-refractivity contribution >= 4 is 29.5 Å². The molecule has 12 heteroatoms. The molecule has 0 bridgehead atoms. The van der Waals surface area contributed by atoms with E-state index in [2.05, 4.69) is 0 Å². The van der Waals surface area contributed by atoms with Crippen molar-refractivity contribution in [3.63, 3.8) is 0 Å². The first-order chi connectivity index (χ1) is 29.7. The predicted octanol–water partition coefficient (Wildman–Crippen LogP) is 9.69. The van der Waals surface area contributed by atoms with Crippen molar-refractivity contribution in [1.29, 1.82) is 0 Å². The second-order valence-corrected chi connectivity index (χ2v) is 17.6. The normalized spacial score (nSPS) is 19.0. The summed E-state index contributed by atoms with van der Waals surface area (Å²) in [5.74, 6) is -6.61. The van der Waals surface area contributed by atoms with Crippen molar-refractivity contribution in [3.05, 3.63) is 134 Å². The second kappa shape index (κ2) is 15.3. The molecule has 0 amide bonds. The van der Waals surface area contributed by atoms with Gasteiger partial charge in [-0.25, -0.2) is 0 Å². The Bertz CT molecular complexity index is 2820. The number of benzene rings is 5. The Balaban J connectivity index is 1.40. The maximum absolute atomic E-state index is 14.5. The number of carbonyl (C=O) groups is 3. The van der Waals surface area contributed by atoms with Gasteiger partial charge in [-0.3, -0.25) is 14.4 Å². The molecule has 5 aromatic carbocycles. The van der Waals surface area contributed by atoms with Crippen LogP contribution < -0.4 is 14.2 Å². The Kier molecular flexibility index (Phi) is 10.3. The van der Waals surface area contributed by atoms with Gasteiger partial charge in [0.1, 0.15) is 85.7 Å². The SMILES string of the molecule is CC(=O)c1c(O)c(C)c(O)c(Cc2c(O)c(C(=O)C=Cc3ccccc3)c3c4c2O[C@@H]2c5c(O)c(C)c(O)c(C(=O)C=Cc6ccccc6)c5OC(C)(C)[C@@H]2[C@H]4CC(C)(C)O3)c1O. The van der Waals surface area contributed by atoms with Crippen LogP contribution in [-0.4, -0.2) is 59.2 Å². The highest BCUT2D eigenvalue weighted by molar-refractivity contribution is 6.12. The molecule has 0 aromatic heterocycles. The molecule has 0 unspecified atom stereocenters. The topological polar surface area (TPSA) is 200 Å². The molecule has 0 spiro atoms. The van der Waals surface area contributed by atoms with E-state index in [1.54, 1.807) is 38.1 Å². The van der Waals surface area contributed by atoms with E-state index in [1.807, 2.05) is 62.4 Å². The van der Waals surface area contributed by atoms with Gasteiger partial charge in [0.15, 0.2) is 17.3 Å². The van der Waals surface area contributed by atoms with E-state index < -0.39 is 87.2 Å². The minimum atomic E-state index is -1.20. The van der Waals surface area contributed by atoms with E-state index in [0.717, 1.165) is 12.5 Å². The van der Waals surface area contributed by atoms with Crippen molar-refractivity contribution in [2.75, 3.05) is 0 Å². The molecular weight excluding hydrogens is 805 g/mol. The van der Waals surface area contributed by atoms with Crippen molar-refractivity contribution in [2.45, 2.75) is 84.5 Å². The highest BCUT2D eigenvalue weighted by Crippen LogP contribution is 2.66. The van der Waals surface area contributed by atoms with Gasteiger partial charge < -0.3 is 44.8 Å². The molecule has 324 valence electrons. The minimum Gasteiger partial charge on any atom is -0.507 e. The molecule has 12 nitrogen and oxygen atoms in total. The Hall–Kier alpha value is -7.21. The molecule has 5 aromatic rings. The summed E-state index contributed by atoms with van der Waals surface area (Å²) < 4.78 is 20.4. The summed E-state index contributed by atoms with van der Waals surface area (Å²) in [7, 11) is 0. The number of Topliss-reactive ketones (excluding diaryl/α,β-unsaturated/α-hetero) is 1. The lowest BCUT2D eigenvalue weighted by Gasteiger charge is -2.54. The van der Waals surface area contributed by atoms with E-state index in [9.17, 15) is 45.0 Å². The zero-order valence-corrected chi connectivity index (χ0v) is 35.9. The van der Waals surface area contributed by atoms with E-state index >= 15 is 0 Å². The first kappa shape index (κ1) is 42.5. The maximum atomic E-state index is 14.5. The van der Waals surface area contributed by atoms with Gasteiger partial charge in [-0.2, -0.15) is 0 Å². The predicted molar refractivity (Wildman–Crippen MR) is 235 cm³/mol. The van der Waals surface area contributed by atoms with Crippen molar-refractivity contribution in [1.82, 2.24) is 0 Å². The fourth-order valence-electron chi connectivity index (χ4n) is 9.49. The molecule has 6 N–H and O–H groups in total. The molecular formula is C51H48O12. The number of allylic oxidation sites excluding steroid dienone is 2. The van der Waals surface area contributed by atoms with Gasteiger partial charge in [-0.1, -0.05) is 72.8 Å². The van der Waals surface area contributed by atoms with Crippen LogP contribution in [0.3, 0.4) is 0 Å². The lowest BCUT2D eigenvalue weighted by molar-refractivity contribution is -0.0861. The number of fused-ring (bicyclic) bond motifs is 4. The number of ketones is 3. The molecule has 63 heavy (non-hydrogen) atoms. The fourth-order valence-corrected chi connectivity index (χ4v) is 9.49. The minimum absolute atomic E-state index is 0.00458. The van der Waals surface area contributed by atoms with Gasteiger partial charge in [0.25, 0.3) is 0 Å². The van der Waals surface area contributed by atoms with Crippen molar-refractivity contribution in [2.24, 2.45) is 5.92 Å². The third kappa shape index (κ3) is 6.99. The molecule has 3 heterocycles. The highest BCUT2D eigenvalue weighted by atomic mass is 16.5.